The molecule has 0 spiro atoms. The van der Waals surface area contributed by atoms with Crippen LogP contribution in [0.25, 0.3) is 22.3 Å². The quantitative estimate of drug-likeness (QED) is 0.453. The van der Waals surface area contributed by atoms with E-state index in [0.29, 0.717) is 0 Å². The third-order valence-corrected chi connectivity index (χ3v) is 6.57. The first-order valence-corrected chi connectivity index (χ1v) is 10.0. The second-order valence-corrected chi connectivity index (χ2v) is 8.32. The van der Waals surface area contributed by atoms with Crippen molar-refractivity contribution in [2.75, 3.05) is 0 Å². The molecule has 0 atom stereocenters. The second-order valence-electron chi connectivity index (χ2n) is 8.32. The van der Waals surface area contributed by atoms with Crippen molar-refractivity contribution in [1.29, 1.82) is 0 Å². The highest BCUT2D eigenvalue weighted by Gasteiger charge is 2.28. The van der Waals surface area contributed by atoms with Crippen LogP contribution in [0.1, 0.15) is 60.1 Å². The van der Waals surface area contributed by atoms with Crippen LogP contribution in [-0.4, -0.2) is 0 Å². The lowest BCUT2D eigenvalue weighted by molar-refractivity contribution is 1.19. The third kappa shape index (κ3) is 2.43. The van der Waals surface area contributed by atoms with Gasteiger partial charge in [0.05, 0.1) is 0 Å². The van der Waals surface area contributed by atoms with Crippen LogP contribution in [0.2, 0.25) is 0 Å². The van der Waals surface area contributed by atoms with Crippen molar-refractivity contribution in [3.63, 3.8) is 0 Å². The number of hydrogen-bond acceptors (Lipinski definition) is 0. The van der Waals surface area contributed by atoms with E-state index >= 15 is 0 Å². The van der Waals surface area contributed by atoms with E-state index in [1.807, 2.05) is 0 Å². The van der Waals surface area contributed by atoms with Crippen molar-refractivity contribution >= 4 is 11.1 Å². The summed E-state index contributed by atoms with van der Waals surface area (Å²) in [4.78, 5) is 0. The highest BCUT2D eigenvalue weighted by Crippen LogP contribution is 2.47. The molecule has 0 unspecified atom stereocenters. The van der Waals surface area contributed by atoms with E-state index in [0.717, 1.165) is 19.3 Å². The van der Waals surface area contributed by atoms with Gasteiger partial charge in [0.15, 0.2) is 0 Å². The number of rotatable bonds is 2. The van der Waals surface area contributed by atoms with Crippen molar-refractivity contribution in [2.45, 2.75) is 47.0 Å². The molecule has 0 radical (unpaired) electrons. The zero-order valence-electron chi connectivity index (χ0n) is 16.7. The van der Waals surface area contributed by atoms with Crippen molar-refractivity contribution < 1.29 is 0 Å². The topological polar surface area (TPSA) is 0 Å². The summed E-state index contributed by atoms with van der Waals surface area (Å²) in [7, 11) is 0. The molecule has 0 heteroatoms. The molecular weight excluding hydrogens is 324 g/mol. The van der Waals surface area contributed by atoms with Crippen LogP contribution >= 0.6 is 0 Å². The van der Waals surface area contributed by atoms with E-state index in [4.69, 9.17) is 0 Å². The lowest BCUT2D eigenvalue weighted by Gasteiger charge is -2.20. The fourth-order valence-corrected chi connectivity index (χ4v) is 5.16. The summed E-state index contributed by atoms with van der Waals surface area (Å²) in [6.45, 7) is 9.07. The van der Waals surface area contributed by atoms with Gasteiger partial charge in [-0.3, -0.25) is 0 Å². The molecule has 0 heterocycles. The lowest BCUT2D eigenvalue weighted by atomic mass is 9.83. The molecule has 2 aromatic carbocycles. The van der Waals surface area contributed by atoms with Gasteiger partial charge >= 0.3 is 0 Å². The number of aryl methyl sites for hydroxylation is 1. The van der Waals surface area contributed by atoms with Gasteiger partial charge in [-0.1, -0.05) is 48.1 Å². The molecule has 0 amide bonds. The molecule has 2 aromatic rings. The number of allylic oxidation sites excluding steroid dienone is 8. The summed E-state index contributed by atoms with van der Waals surface area (Å²) in [5, 5.41) is 0. The van der Waals surface area contributed by atoms with Gasteiger partial charge < -0.3 is 0 Å². The monoisotopic (exact) mass is 350 g/mol. The Morgan fingerprint density at radius 2 is 1.41 bits per heavy atom. The Hall–Kier alpha value is -2.60. The zero-order chi connectivity index (χ0) is 18.7. The molecule has 0 aliphatic heterocycles. The highest BCUT2D eigenvalue weighted by atomic mass is 14.3. The molecule has 0 aromatic heterocycles. The standard InChI is InChI=1S/C27H26/c1-16-11-12-23-20(13-16)14-26-25(23)15-24(21-9-5-7-17(21)2)19(4)27(26)22-10-6-8-18(22)3/h5-8,11-13,15H,9-10,14H2,1-4H3. The molecule has 3 aliphatic carbocycles. The second kappa shape index (κ2) is 5.96. The predicted octanol–water partition coefficient (Wildman–Crippen LogP) is 7.34. The van der Waals surface area contributed by atoms with E-state index in [-0.39, 0.29) is 0 Å². The Morgan fingerprint density at radius 1 is 0.704 bits per heavy atom. The minimum atomic E-state index is 1.06. The minimum absolute atomic E-state index is 1.06. The van der Waals surface area contributed by atoms with Crippen LogP contribution in [0, 0.1) is 13.8 Å². The normalized spacial score (nSPS) is 17.3. The SMILES string of the molecule is CC1=C(c2cc3c(c(C4=C(C)C=CC4)c2C)Cc2cc(C)ccc2-3)CC=C1. The van der Waals surface area contributed by atoms with Gasteiger partial charge in [-0.15, -0.1) is 0 Å². The van der Waals surface area contributed by atoms with Crippen LogP contribution in [0.3, 0.4) is 0 Å². The summed E-state index contributed by atoms with van der Waals surface area (Å²) in [6, 6.07) is 9.46. The van der Waals surface area contributed by atoms with E-state index in [2.05, 4.69) is 76.3 Å². The molecule has 0 saturated carbocycles. The maximum Gasteiger partial charge on any atom is -0.000719 e. The Balaban J connectivity index is 1.82. The molecule has 0 saturated heterocycles. The molecule has 134 valence electrons. The summed E-state index contributed by atoms with van der Waals surface area (Å²) in [5.74, 6) is 0. The first-order valence-electron chi connectivity index (χ1n) is 10.0. The predicted molar refractivity (Wildman–Crippen MR) is 117 cm³/mol. The Labute approximate surface area is 162 Å². The van der Waals surface area contributed by atoms with Crippen LogP contribution in [0.5, 0.6) is 0 Å². The largest absolute Gasteiger partial charge is 0.0798 e. The molecule has 0 N–H and O–H groups in total. The van der Waals surface area contributed by atoms with Crippen molar-refractivity contribution in [3.05, 3.63) is 93.1 Å². The minimum Gasteiger partial charge on any atom is -0.0798 e. The first-order chi connectivity index (χ1) is 13.0. The molecule has 3 aliphatic rings. The van der Waals surface area contributed by atoms with Crippen LogP contribution in [-0.2, 0) is 6.42 Å². The molecule has 5 rings (SSSR count). The van der Waals surface area contributed by atoms with Gasteiger partial charge in [-0.25, -0.2) is 0 Å². The molecule has 0 fully saturated rings. The van der Waals surface area contributed by atoms with Gasteiger partial charge in [0.25, 0.3) is 0 Å². The third-order valence-electron chi connectivity index (χ3n) is 6.57. The molecule has 0 nitrogen and oxygen atoms in total. The zero-order valence-corrected chi connectivity index (χ0v) is 16.7. The van der Waals surface area contributed by atoms with Gasteiger partial charge in [0, 0.05) is 0 Å². The van der Waals surface area contributed by atoms with E-state index in [1.54, 1.807) is 5.56 Å². The van der Waals surface area contributed by atoms with Crippen LogP contribution in [0.4, 0.5) is 0 Å². The van der Waals surface area contributed by atoms with Crippen molar-refractivity contribution in [1.82, 2.24) is 0 Å². The summed E-state index contributed by atoms with van der Waals surface area (Å²) < 4.78 is 0. The maximum absolute atomic E-state index is 2.49. The fourth-order valence-electron chi connectivity index (χ4n) is 5.16. The highest BCUT2D eigenvalue weighted by molar-refractivity contribution is 5.92. The van der Waals surface area contributed by atoms with Crippen LogP contribution < -0.4 is 0 Å². The van der Waals surface area contributed by atoms with Gasteiger partial charge in [0.1, 0.15) is 0 Å². The average Bonchev–Trinajstić information content (AvgIpc) is 3.33. The summed E-state index contributed by atoms with van der Waals surface area (Å²) >= 11 is 0. The maximum atomic E-state index is 2.49. The van der Waals surface area contributed by atoms with E-state index < -0.39 is 0 Å². The van der Waals surface area contributed by atoms with Gasteiger partial charge in [0.2, 0.25) is 0 Å². The lowest BCUT2D eigenvalue weighted by Crippen LogP contribution is -2.01. The number of benzene rings is 2. The molecule has 27 heavy (non-hydrogen) atoms. The first kappa shape index (κ1) is 16.6. The summed E-state index contributed by atoms with van der Waals surface area (Å²) in [5.41, 5.74) is 17.6. The molecular formula is C27H26. The Kier molecular flexibility index (Phi) is 3.65. The Bertz CT molecular complexity index is 1110. The smallest absolute Gasteiger partial charge is 0.000719 e. The average molecular weight is 351 g/mol. The van der Waals surface area contributed by atoms with Crippen molar-refractivity contribution in [3.8, 4) is 11.1 Å². The van der Waals surface area contributed by atoms with Gasteiger partial charge in [-0.05, 0) is 114 Å². The number of fused-ring (bicyclic) bond motifs is 3. The van der Waals surface area contributed by atoms with E-state index in [9.17, 15) is 0 Å². The van der Waals surface area contributed by atoms with Gasteiger partial charge in [-0.2, -0.15) is 0 Å². The Morgan fingerprint density at radius 3 is 2.07 bits per heavy atom. The van der Waals surface area contributed by atoms with Crippen molar-refractivity contribution in [2.24, 2.45) is 0 Å². The summed E-state index contributed by atoms with van der Waals surface area (Å²) in [6.07, 6.45) is 12.4. The number of hydrogen-bond donors (Lipinski definition) is 0. The fraction of sp³-hybridized carbons (Fsp3) is 0.259. The molecule has 0 bridgehead atoms. The van der Waals surface area contributed by atoms with Crippen LogP contribution in [0.15, 0.2) is 59.7 Å². The van der Waals surface area contributed by atoms with E-state index in [1.165, 1.54) is 61.2 Å².